The summed E-state index contributed by atoms with van der Waals surface area (Å²) in [4.78, 5) is 1.52. The summed E-state index contributed by atoms with van der Waals surface area (Å²) in [5.41, 5.74) is 4.25. The molecule has 138 valence electrons. The summed E-state index contributed by atoms with van der Waals surface area (Å²) in [5, 5.41) is 17.9. The Hall–Kier alpha value is -1.61. The Morgan fingerprint density at radius 1 is 1.44 bits per heavy atom. The molecular formula is C16H19ClF3N3O2. The van der Waals surface area contributed by atoms with Crippen molar-refractivity contribution in [1.82, 2.24) is 4.90 Å². The average molecular weight is 378 g/mol. The van der Waals surface area contributed by atoms with Gasteiger partial charge in [-0.2, -0.15) is 13.2 Å². The Bertz CT molecular complexity index is 648. The zero-order chi connectivity index (χ0) is 18.6. The molecule has 0 aliphatic carbocycles. The number of alkyl halides is 3. The van der Waals surface area contributed by atoms with Gasteiger partial charge in [-0.3, -0.25) is 10.3 Å². The van der Waals surface area contributed by atoms with E-state index in [1.54, 1.807) is 24.3 Å². The van der Waals surface area contributed by atoms with E-state index < -0.39 is 23.8 Å². The molecule has 0 amide bonds. The Morgan fingerprint density at radius 3 is 2.60 bits per heavy atom. The van der Waals surface area contributed by atoms with Crippen molar-refractivity contribution in [3.8, 4) is 0 Å². The zero-order valence-electron chi connectivity index (χ0n) is 13.3. The second kappa shape index (κ2) is 8.18. The Kier molecular flexibility index (Phi) is 6.45. The first-order valence-electron chi connectivity index (χ1n) is 7.54. The van der Waals surface area contributed by atoms with Crippen LogP contribution in [0.3, 0.4) is 0 Å². The number of nitrogens with two attached hydrogens (primary N) is 1. The molecule has 1 aliphatic heterocycles. The van der Waals surface area contributed by atoms with Crippen LogP contribution in [0.4, 0.5) is 13.2 Å². The molecule has 9 heteroatoms. The molecule has 25 heavy (non-hydrogen) atoms. The molecule has 5 nitrogen and oxygen atoms in total. The first-order valence-corrected chi connectivity index (χ1v) is 7.92. The van der Waals surface area contributed by atoms with Gasteiger partial charge in [0, 0.05) is 24.0 Å². The molecule has 1 unspecified atom stereocenters. The van der Waals surface area contributed by atoms with Gasteiger partial charge in [-0.05, 0) is 17.7 Å². The minimum atomic E-state index is -4.82. The molecule has 1 fully saturated rings. The van der Waals surface area contributed by atoms with E-state index in [0.717, 1.165) is 0 Å². The zero-order valence-corrected chi connectivity index (χ0v) is 14.0. The van der Waals surface area contributed by atoms with E-state index in [-0.39, 0.29) is 12.5 Å². The van der Waals surface area contributed by atoms with E-state index in [2.05, 4.69) is 0 Å². The van der Waals surface area contributed by atoms with Crippen LogP contribution in [0.25, 0.3) is 0 Å². The fourth-order valence-electron chi connectivity index (χ4n) is 2.35. The van der Waals surface area contributed by atoms with Crippen LogP contribution >= 0.6 is 11.6 Å². The molecule has 1 atom stereocenters. The Morgan fingerprint density at radius 2 is 2.08 bits per heavy atom. The lowest BCUT2D eigenvalue weighted by molar-refractivity contribution is -0.0723. The Balaban J connectivity index is 2.17. The number of aliphatic hydroxyl groups excluding tert-OH is 1. The Labute approximate surface area is 148 Å². The molecule has 0 radical (unpaired) electrons. The van der Waals surface area contributed by atoms with E-state index in [9.17, 15) is 18.3 Å². The average Bonchev–Trinajstić information content (AvgIpc) is 2.49. The first kappa shape index (κ1) is 19.7. The third-order valence-corrected chi connectivity index (χ3v) is 4.16. The lowest BCUT2D eigenvalue weighted by atomic mass is 10.1. The second-order valence-corrected chi connectivity index (χ2v) is 6.26. The van der Waals surface area contributed by atoms with Crippen LogP contribution < -0.4 is 5.73 Å². The second-order valence-electron chi connectivity index (χ2n) is 5.85. The molecule has 1 aromatic carbocycles. The van der Waals surface area contributed by atoms with Gasteiger partial charge in [-0.25, -0.2) is 0 Å². The topological polar surface area (TPSA) is 82.6 Å². The van der Waals surface area contributed by atoms with Crippen molar-refractivity contribution in [2.45, 2.75) is 18.9 Å². The smallest absolute Gasteiger partial charge is 0.399 e. The normalized spacial score (nSPS) is 17.4. The number of allylic oxidation sites excluding steroid dienone is 1. The third-order valence-electron chi connectivity index (χ3n) is 3.79. The van der Waals surface area contributed by atoms with Gasteiger partial charge in [0.2, 0.25) is 0 Å². The highest BCUT2D eigenvalue weighted by molar-refractivity contribution is 6.31. The van der Waals surface area contributed by atoms with Crippen molar-refractivity contribution in [3.05, 3.63) is 46.6 Å². The summed E-state index contributed by atoms with van der Waals surface area (Å²) >= 11 is 6.12. The minimum absolute atomic E-state index is 0.145. The van der Waals surface area contributed by atoms with Crippen LogP contribution in [0.5, 0.6) is 0 Å². The number of rotatable bonds is 7. The first-order chi connectivity index (χ1) is 11.7. The minimum Gasteiger partial charge on any atom is -0.399 e. The molecule has 0 saturated carbocycles. The molecule has 0 bridgehead atoms. The highest BCUT2D eigenvalue weighted by Crippen LogP contribution is 2.23. The fraction of sp³-hybridized carbons (Fsp3) is 0.438. The third kappa shape index (κ3) is 5.43. The largest absolute Gasteiger partial charge is 0.432 e. The number of hydrogen-bond acceptors (Lipinski definition) is 5. The number of nitrogens with zero attached hydrogens (tertiary/aromatic N) is 1. The maximum absolute atomic E-state index is 12.5. The highest BCUT2D eigenvalue weighted by Gasteiger charge is 2.34. The molecule has 1 heterocycles. The van der Waals surface area contributed by atoms with Crippen LogP contribution in [0, 0.1) is 11.3 Å². The molecular weight excluding hydrogens is 359 g/mol. The SMILES string of the molecule is N=C(/C=C(\N)C(O)N(Cc1ccccc1Cl)CC1COC1)C(F)(F)F. The van der Waals surface area contributed by atoms with Crippen molar-refractivity contribution in [1.29, 1.82) is 5.41 Å². The standard InChI is InChI=1S/C16H19ClF3N3O2/c17-12-4-2-1-3-11(12)7-23(6-10-8-25-9-10)15(24)13(21)5-14(22)16(18,19)20/h1-5,10,15,22,24H,6-9,21H2/b13-5-,22-14?. The summed E-state index contributed by atoms with van der Waals surface area (Å²) in [7, 11) is 0. The number of hydrogen-bond donors (Lipinski definition) is 3. The van der Waals surface area contributed by atoms with Crippen LogP contribution in [0.1, 0.15) is 5.56 Å². The quantitative estimate of drug-likeness (QED) is 0.503. The summed E-state index contributed by atoms with van der Waals surface area (Å²) in [6, 6.07) is 6.98. The fourth-order valence-corrected chi connectivity index (χ4v) is 2.55. The van der Waals surface area contributed by atoms with Gasteiger partial charge >= 0.3 is 6.18 Å². The van der Waals surface area contributed by atoms with E-state index in [0.29, 0.717) is 36.4 Å². The van der Waals surface area contributed by atoms with Crippen LogP contribution in [0.15, 0.2) is 36.0 Å². The molecule has 1 aliphatic rings. The van der Waals surface area contributed by atoms with Gasteiger partial charge in [0.05, 0.1) is 18.9 Å². The molecule has 0 spiro atoms. The number of aliphatic hydroxyl groups is 1. The predicted octanol–water partition coefficient (Wildman–Crippen LogP) is 2.53. The number of halogens is 4. The van der Waals surface area contributed by atoms with Gasteiger partial charge in [-0.1, -0.05) is 29.8 Å². The molecule has 1 aromatic rings. The van der Waals surface area contributed by atoms with E-state index in [1.165, 1.54) is 4.90 Å². The van der Waals surface area contributed by atoms with Crippen molar-refractivity contribution < 1.29 is 23.0 Å². The van der Waals surface area contributed by atoms with Gasteiger partial charge in [0.25, 0.3) is 0 Å². The van der Waals surface area contributed by atoms with Crippen molar-refractivity contribution in [2.75, 3.05) is 19.8 Å². The monoisotopic (exact) mass is 377 g/mol. The van der Waals surface area contributed by atoms with Gasteiger partial charge in [0.15, 0.2) is 0 Å². The maximum atomic E-state index is 12.5. The van der Waals surface area contributed by atoms with E-state index in [4.69, 9.17) is 27.5 Å². The molecule has 2 rings (SSSR count). The molecule has 0 aromatic heterocycles. The lowest BCUT2D eigenvalue weighted by Crippen LogP contribution is -2.46. The highest BCUT2D eigenvalue weighted by atomic mass is 35.5. The van der Waals surface area contributed by atoms with E-state index >= 15 is 0 Å². The van der Waals surface area contributed by atoms with Crippen molar-refractivity contribution in [2.24, 2.45) is 11.7 Å². The maximum Gasteiger partial charge on any atom is 0.432 e. The van der Waals surface area contributed by atoms with Crippen molar-refractivity contribution in [3.63, 3.8) is 0 Å². The number of ether oxygens (including phenoxy) is 1. The van der Waals surface area contributed by atoms with Gasteiger partial charge < -0.3 is 15.6 Å². The predicted molar refractivity (Wildman–Crippen MR) is 88.2 cm³/mol. The summed E-state index contributed by atoms with van der Waals surface area (Å²) < 4.78 is 42.6. The van der Waals surface area contributed by atoms with E-state index in [1.807, 2.05) is 0 Å². The summed E-state index contributed by atoms with van der Waals surface area (Å²) in [6.07, 6.45) is -5.86. The molecule has 4 N–H and O–H groups in total. The van der Waals surface area contributed by atoms with Crippen molar-refractivity contribution >= 4 is 17.3 Å². The lowest BCUT2D eigenvalue weighted by Gasteiger charge is -2.35. The number of nitrogens with one attached hydrogen (secondary N) is 1. The van der Waals surface area contributed by atoms with Gasteiger partial charge in [-0.15, -0.1) is 0 Å². The van der Waals surface area contributed by atoms with Gasteiger partial charge in [0.1, 0.15) is 11.9 Å². The molecule has 1 saturated heterocycles. The summed E-state index contributed by atoms with van der Waals surface area (Å²) in [5.74, 6) is 0.145. The van der Waals surface area contributed by atoms with Crippen LogP contribution in [0.2, 0.25) is 5.02 Å². The number of benzene rings is 1. The summed E-state index contributed by atoms with van der Waals surface area (Å²) in [6.45, 7) is 1.59. The van der Waals surface area contributed by atoms with Crippen LogP contribution in [-0.2, 0) is 11.3 Å². The van der Waals surface area contributed by atoms with Crippen LogP contribution in [-0.4, -0.2) is 47.9 Å².